The zero-order valence-corrected chi connectivity index (χ0v) is 7.66. The smallest absolute Gasteiger partial charge is 0.177 e. The number of hydrogen-bond donors (Lipinski definition) is 2. The van der Waals surface area contributed by atoms with Crippen LogP contribution >= 0.6 is 12.2 Å². The highest BCUT2D eigenvalue weighted by atomic mass is 32.1. The van der Waals surface area contributed by atoms with Crippen molar-refractivity contribution in [3.05, 3.63) is 16.2 Å². The molecule has 0 radical (unpaired) electrons. The quantitative estimate of drug-likeness (QED) is 0.649. The predicted octanol–water partition coefficient (Wildman–Crippen LogP) is 0.892. The van der Waals surface area contributed by atoms with Crippen LogP contribution in [0.25, 0.3) is 0 Å². The minimum absolute atomic E-state index is 0.668. The van der Waals surface area contributed by atoms with Crippen LogP contribution in [0.1, 0.15) is 11.4 Å². The first-order valence-electron chi connectivity index (χ1n) is 3.61. The Bertz CT molecular complexity index is 297. The SMILES string of the molecule is Cc1[nH]c(=S)n(C)c1CCN. The normalized spacial score (nSPS) is 10.5. The van der Waals surface area contributed by atoms with Gasteiger partial charge in [0, 0.05) is 24.9 Å². The highest BCUT2D eigenvalue weighted by molar-refractivity contribution is 7.71. The van der Waals surface area contributed by atoms with Crippen molar-refractivity contribution in [3.63, 3.8) is 0 Å². The Morgan fingerprint density at radius 1 is 1.64 bits per heavy atom. The minimum Gasteiger partial charge on any atom is -0.335 e. The van der Waals surface area contributed by atoms with Crippen molar-refractivity contribution in [1.82, 2.24) is 9.55 Å². The second kappa shape index (κ2) is 3.19. The molecule has 0 aliphatic carbocycles. The molecule has 4 heteroatoms. The number of nitrogens with zero attached hydrogens (tertiary/aromatic N) is 1. The molecule has 0 bridgehead atoms. The van der Waals surface area contributed by atoms with Crippen LogP contribution in [0.4, 0.5) is 0 Å². The number of rotatable bonds is 2. The molecule has 0 unspecified atom stereocenters. The van der Waals surface area contributed by atoms with Crippen molar-refractivity contribution in [2.75, 3.05) is 6.54 Å². The summed E-state index contributed by atoms with van der Waals surface area (Å²) in [5, 5.41) is 0. The van der Waals surface area contributed by atoms with E-state index < -0.39 is 0 Å². The molecular formula is C7H13N3S. The van der Waals surface area contributed by atoms with Gasteiger partial charge in [-0.15, -0.1) is 0 Å². The van der Waals surface area contributed by atoms with Crippen LogP contribution in [0.2, 0.25) is 0 Å². The third-order valence-electron chi connectivity index (χ3n) is 1.82. The van der Waals surface area contributed by atoms with E-state index in [9.17, 15) is 0 Å². The van der Waals surface area contributed by atoms with Gasteiger partial charge in [0.05, 0.1) is 0 Å². The first-order valence-corrected chi connectivity index (χ1v) is 4.02. The number of aryl methyl sites for hydroxylation is 1. The van der Waals surface area contributed by atoms with Crippen LogP contribution in [0.3, 0.4) is 0 Å². The van der Waals surface area contributed by atoms with E-state index in [4.69, 9.17) is 18.0 Å². The molecule has 11 heavy (non-hydrogen) atoms. The molecule has 0 amide bonds. The molecule has 0 atom stereocenters. The molecule has 1 rings (SSSR count). The fraction of sp³-hybridized carbons (Fsp3) is 0.571. The number of nitrogens with one attached hydrogen (secondary N) is 1. The molecule has 3 nitrogen and oxygen atoms in total. The van der Waals surface area contributed by atoms with Crippen molar-refractivity contribution >= 4 is 12.2 Å². The summed E-state index contributed by atoms with van der Waals surface area (Å²) in [5.41, 5.74) is 7.78. The molecule has 62 valence electrons. The molecule has 0 fully saturated rings. The van der Waals surface area contributed by atoms with Gasteiger partial charge in [0.1, 0.15) is 0 Å². The fourth-order valence-electron chi connectivity index (χ4n) is 1.18. The van der Waals surface area contributed by atoms with Gasteiger partial charge in [-0.2, -0.15) is 0 Å². The lowest BCUT2D eigenvalue weighted by molar-refractivity contribution is 0.791. The van der Waals surface area contributed by atoms with Crippen molar-refractivity contribution in [3.8, 4) is 0 Å². The summed E-state index contributed by atoms with van der Waals surface area (Å²) in [6.45, 7) is 2.68. The minimum atomic E-state index is 0.668. The van der Waals surface area contributed by atoms with Crippen molar-refractivity contribution in [2.45, 2.75) is 13.3 Å². The Hall–Kier alpha value is -0.610. The van der Waals surface area contributed by atoms with Crippen molar-refractivity contribution in [1.29, 1.82) is 0 Å². The molecule has 1 aromatic heterocycles. The average molecular weight is 171 g/mol. The van der Waals surface area contributed by atoms with Crippen LogP contribution in [-0.4, -0.2) is 16.1 Å². The number of imidazole rings is 1. The van der Waals surface area contributed by atoms with Crippen LogP contribution in [-0.2, 0) is 13.5 Å². The standard InChI is InChI=1S/C7H13N3S/c1-5-6(3-4-8)10(2)7(11)9-5/h3-4,8H2,1-2H3,(H,9,11). The zero-order chi connectivity index (χ0) is 8.43. The van der Waals surface area contributed by atoms with E-state index in [0.29, 0.717) is 6.54 Å². The van der Waals surface area contributed by atoms with Gasteiger partial charge < -0.3 is 15.3 Å². The maximum atomic E-state index is 5.45. The topological polar surface area (TPSA) is 46.7 Å². The number of hydrogen-bond acceptors (Lipinski definition) is 2. The summed E-state index contributed by atoms with van der Waals surface area (Å²) in [7, 11) is 1.96. The van der Waals surface area contributed by atoms with Gasteiger partial charge in [-0.1, -0.05) is 0 Å². The second-order valence-electron chi connectivity index (χ2n) is 2.60. The third-order valence-corrected chi connectivity index (χ3v) is 2.19. The summed E-state index contributed by atoms with van der Waals surface area (Å²) < 4.78 is 2.74. The molecule has 3 N–H and O–H groups in total. The maximum Gasteiger partial charge on any atom is 0.177 e. The maximum absolute atomic E-state index is 5.45. The predicted molar refractivity (Wildman–Crippen MR) is 48.1 cm³/mol. The Labute approximate surface area is 71.2 Å². The Balaban J connectivity index is 3.12. The molecule has 0 aromatic carbocycles. The molecule has 0 spiro atoms. The lowest BCUT2D eigenvalue weighted by Crippen LogP contribution is -2.07. The van der Waals surface area contributed by atoms with E-state index in [2.05, 4.69) is 4.98 Å². The fourth-order valence-corrected chi connectivity index (χ4v) is 1.45. The van der Waals surface area contributed by atoms with E-state index in [1.54, 1.807) is 0 Å². The summed E-state index contributed by atoms with van der Waals surface area (Å²) in [6, 6.07) is 0. The summed E-state index contributed by atoms with van der Waals surface area (Å²) in [5.74, 6) is 0. The summed E-state index contributed by atoms with van der Waals surface area (Å²) in [4.78, 5) is 3.08. The largest absolute Gasteiger partial charge is 0.335 e. The van der Waals surface area contributed by atoms with E-state index in [1.165, 1.54) is 5.69 Å². The summed E-state index contributed by atoms with van der Waals surface area (Å²) in [6.07, 6.45) is 0.884. The van der Waals surface area contributed by atoms with E-state index in [0.717, 1.165) is 16.9 Å². The lowest BCUT2D eigenvalue weighted by atomic mass is 10.2. The molecule has 0 aliphatic rings. The Morgan fingerprint density at radius 2 is 2.27 bits per heavy atom. The Kier molecular flexibility index (Phi) is 2.46. The number of aromatic nitrogens is 2. The monoisotopic (exact) mass is 171 g/mol. The van der Waals surface area contributed by atoms with Crippen LogP contribution < -0.4 is 5.73 Å². The molecular weight excluding hydrogens is 158 g/mol. The van der Waals surface area contributed by atoms with E-state index in [1.807, 2.05) is 18.5 Å². The first-order chi connectivity index (χ1) is 5.16. The van der Waals surface area contributed by atoms with Crippen LogP contribution in [0.5, 0.6) is 0 Å². The van der Waals surface area contributed by atoms with Gasteiger partial charge in [0.2, 0.25) is 0 Å². The average Bonchev–Trinajstić information content (AvgIpc) is 2.17. The highest BCUT2D eigenvalue weighted by Crippen LogP contribution is 2.05. The number of H-pyrrole nitrogens is 1. The zero-order valence-electron chi connectivity index (χ0n) is 6.85. The van der Waals surface area contributed by atoms with Crippen LogP contribution in [0, 0.1) is 11.7 Å². The summed E-state index contributed by atoms with van der Waals surface area (Å²) >= 11 is 5.04. The van der Waals surface area contributed by atoms with E-state index >= 15 is 0 Å². The molecule has 0 saturated carbocycles. The van der Waals surface area contributed by atoms with Crippen molar-refractivity contribution in [2.24, 2.45) is 12.8 Å². The second-order valence-corrected chi connectivity index (χ2v) is 2.99. The van der Waals surface area contributed by atoms with Gasteiger partial charge in [-0.05, 0) is 25.7 Å². The van der Waals surface area contributed by atoms with Gasteiger partial charge >= 0.3 is 0 Å². The van der Waals surface area contributed by atoms with E-state index in [-0.39, 0.29) is 0 Å². The number of aromatic amines is 1. The van der Waals surface area contributed by atoms with Crippen LogP contribution in [0.15, 0.2) is 0 Å². The Morgan fingerprint density at radius 3 is 2.64 bits per heavy atom. The number of nitrogens with two attached hydrogens (primary N) is 1. The molecule has 0 saturated heterocycles. The molecule has 1 heterocycles. The van der Waals surface area contributed by atoms with Crippen molar-refractivity contribution < 1.29 is 0 Å². The highest BCUT2D eigenvalue weighted by Gasteiger charge is 2.02. The van der Waals surface area contributed by atoms with Gasteiger partial charge in [-0.25, -0.2) is 0 Å². The lowest BCUT2D eigenvalue weighted by Gasteiger charge is -2.00. The third kappa shape index (κ3) is 1.52. The first kappa shape index (κ1) is 8.49. The van der Waals surface area contributed by atoms with Gasteiger partial charge in [-0.3, -0.25) is 0 Å². The van der Waals surface area contributed by atoms with Gasteiger partial charge in [0.25, 0.3) is 0 Å². The van der Waals surface area contributed by atoms with Gasteiger partial charge in [0.15, 0.2) is 4.77 Å². The molecule has 1 aromatic rings. The molecule has 0 aliphatic heterocycles.